The Morgan fingerprint density at radius 3 is 2.11 bits per heavy atom. The topological polar surface area (TPSA) is 79.0 Å². The van der Waals surface area contributed by atoms with E-state index in [9.17, 15) is 13.2 Å². The molecule has 4 rings (SSSR count). The molecule has 1 aliphatic rings. The van der Waals surface area contributed by atoms with E-state index in [0.717, 1.165) is 16.7 Å². The highest BCUT2D eigenvalue weighted by molar-refractivity contribution is 7.89. The molecular formula is C27H31N3O4S. The standard InChI is InChI=1S/C27H31N3O4S/c1-21-13-14-24(35(32,33)30-15-17-34-18-16-30)19-25(21)28-26(31)20-29(2)27(22-9-5-3-6-10-22)23-11-7-4-8-12-23/h3-14,19,27H,15-18,20H2,1-2H3,(H,28,31). The molecule has 0 aromatic heterocycles. The van der Waals surface area contributed by atoms with Crippen LogP contribution in [-0.4, -0.2) is 63.4 Å². The number of benzene rings is 3. The first-order chi connectivity index (χ1) is 16.9. The highest BCUT2D eigenvalue weighted by Crippen LogP contribution is 2.28. The summed E-state index contributed by atoms with van der Waals surface area (Å²) in [5.74, 6) is -0.214. The number of morpholine rings is 1. The molecule has 0 bridgehead atoms. The SMILES string of the molecule is Cc1ccc(S(=O)(=O)N2CCOCC2)cc1NC(=O)CN(C)C(c1ccccc1)c1ccccc1. The summed E-state index contributed by atoms with van der Waals surface area (Å²) in [5, 5.41) is 2.93. The number of aryl methyl sites for hydroxylation is 1. The normalized spacial score (nSPS) is 14.9. The second kappa shape index (κ2) is 11.1. The number of likely N-dealkylation sites (N-methyl/N-ethyl adjacent to an activating group) is 1. The molecule has 3 aromatic carbocycles. The van der Waals surface area contributed by atoms with E-state index in [1.54, 1.807) is 18.2 Å². The van der Waals surface area contributed by atoms with Crippen LogP contribution in [0.4, 0.5) is 5.69 Å². The molecule has 1 N–H and O–H groups in total. The predicted octanol–water partition coefficient (Wildman–Crippen LogP) is 3.68. The van der Waals surface area contributed by atoms with Gasteiger partial charge < -0.3 is 10.1 Å². The van der Waals surface area contributed by atoms with E-state index in [4.69, 9.17) is 4.74 Å². The molecular weight excluding hydrogens is 462 g/mol. The number of nitrogens with one attached hydrogen (secondary N) is 1. The summed E-state index contributed by atoms with van der Waals surface area (Å²) in [6.45, 7) is 3.39. The lowest BCUT2D eigenvalue weighted by Crippen LogP contribution is -2.40. The van der Waals surface area contributed by atoms with Gasteiger partial charge in [-0.25, -0.2) is 8.42 Å². The van der Waals surface area contributed by atoms with Crippen molar-refractivity contribution >= 4 is 21.6 Å². The van der Waals surface area contributed by atoms with E-state index in [-0.39, 0.29) is 23.4 Å². The quantitative estimate of drug-likeness (QED) is 0.518. The number of ether oxygens (including phenoxy) is 1. The van der Waals surface area contributed by atoms with Crippen LogP contribution in [0.3, 0.4) is 0 Å². The van der Waals surface area contributed by atoms with Crippen molar-refractivity contribution < 1.29 is 17.9 Å². The Hall–Kier alpha value is -3.04. The van der Waals surface area contributed by atoms with Crippen LogP contribution in [0, 0.1) is 6.92 Å². The molecule has 0 saturated carbocycles. The van der Waals surface area contributed by atoms with Crippen LogP contribution in [0.15, 0.2) is 83.8 Å². The van der Waals surface area contributed by atoms with Crippen LogP contribution in [-0.2, 0) is 19.6 Å². The Labute approximate surface area is 207 Å². The minimum atomic E-state index is -3.65. The Morgan fingerprint density at radius 2 is 1.54 bits per heavy atom. The zero-order valence-corrected chi connectivity index (χ0v) is 20.9. The Bertz CT molecular complexity index is 1200. The molecule has 1 heterocycles. The van der Waals surface area contributed by atoms with Gasteiger partial charge in [0.2, 0.25) is 15.9 Å². The van der Waals surface area contributed by atoms with Crippen molar-refractivity contribution in [3.8, 4) is 0 Å². The van der Waals surface area contributed by atoms with E-state index < -0.39 is 10.0 Å². The lowest BCUT2D eigenvalue weighted by Gasteiger charge is -2.29. The van der Waals surface area contributed by atoms with Gasteiger partial charge in [0.25, 0.3) is 0 Å². The van der Waals surface area contributed by atoms with Crippen molar-refractivity contribution in [3.05, 3.63) is 95.6 Å². The maximum absolute atomic E-state index is 13.1. The fourth-order valence-corrected chi connectivity index (χ4v) is 5.75. The molecule has 1 amide bonds. The average molecular weight is 494 g/mol. The molecule has 8 heteroatoms. The summed E-state index contributed by atoms with van der Waals surface area (Å²) in [4.78, 5) is 15.2. The van der Waals surface area contributed by atoms with Crippen molar-refractivity contribution in [2.75, 3.05) is 45.2 Å². The number of amides is 1. The number of carbonyl (C=O) groups excluding carboxylic acids is 1. The van der Waals surface area contributed by atoms with Crippen LogP contribution >= 0.6 is 0 Å². The molecule has 0 aliphatic carbocycles. The summed E-state index contributed by atoms with van der Waals surface area (Å²) < 4.78 is 32.8. The molecule has 3 aromatic rings. The Balaban J connectivity index is 1.52. The second-order valence-electron chi connectivity index (χ2n) is 8.68. The molecule has 1 saturated heterocycles. The summed E-state index contributed by atoms with van der Waals surface area (Å²) in [6.07, 6.45) is 0. The van der Waals surface area contributed by atoms with Gasteiger partial charge >= 0.3 is 0 Å². The van der Waals surface area contributed by atoms with Crippen LogP contribution in [0.5, 0.6) is 0 Å². The third-order valence-electron chi connectivity index (χ3n) is 6.16. The number of hydrogen-bond donors (Lipinski definition) is 1. The summed E-state index contributed by atoms with van der Waals surface area (Å²) in [6, 6.07) is 24.9. The predicted molar refractivity (Wildman–Crippen MR) is 137 cm³/mol. The van der Waals surface area contributed by atoms with Gasteiger partial charge in [-0.3, -0.25) is 9.69 Å². The number of sulfonamides is 1. The molecule has 184 valence electrons. The maximum atomic E-state index is 13.1. The first-order valence-corrected chi connectivity index (χ1v) is 13.1. The molecule has 0 unspecified atom stereocenters. The highest BCUT2D eigenvalue weighted by Gasteiger charge is 2.27. The minimum Gasteiger partial charge on any atom is -0.379 e. The lowest BCUT2D eigenvalue weighted by molar-refractivity contribution is -0.117. The van der Waals surface area contributed by atoms with E-state index in [2.05, 4.69) is 29.6 Å². The third-order valence-corrected chi connectivity index (χ3v) is 8.05. The van der Waals surface area contributed by atoms with E-state index in [1.165, 1.54) is 4.31 Å². The fraction of sp³-hybridized carbons (Fsp3) is 0.296. The number of nitrogens with zero attached hydrogens (tertiary/aromatic N) is 2. The van der Waals surface area contributed by atoms with Crippen LogP contribution < -0.4 is 5.32 Å². The largest absolute Gasteiger partial charge is 0.379 e. The van der Waals surface area contributed by atoms with Gasteiger partial charge in [0, 0.05) is 18.8 Å². The molecule has 0 atom stereocenters. The molecule has 0 radical (unpaired) electrons. The van der Waals surface area contributed by atoms with Crippen molar-refractivity contribution in [1.29, 1.82) is 0 Å². The second-order valence-corrected chi connectivity index (χ2v) is 10.6. The van der Waals surface area contributed by atoms with Crippen LogP contribution in [0.1, 0.15) is 22.7 Å². The highest BCUT2D eigenvalue weighted by atomic mass is 32.2. The Morgan fingerprint density at radius 1 is 0.971 bits per heavy atom. The molecule has 7 nitrogen and oxygen atoms in total. The first-order valence-electron chi connectivity index (χ1n) is 11.6. The molecule has 0 spiro atoms. The smallest absolute Gasteiger partial charge is 0.243 e. The van der Waals surface area contributed by atoms with Gasteiger partial charge in [0.15, 0.2) is 0 Å². The molecule has 1 aliphatic heterocycles. The zero-order valence-electron chi connectivity index (χ0n) is 20.1. The van der Waals surface area contributed by atoms with Gasteiger partial charge in [-0.15, -0.1) is 0 Å². The van der Waals surface area contributed by atoms with Gasteiger partial charge in [0.1, 0.15) is 0 Å². The summed E-state index contributed by atoms with van der Waals surface area (Å²) >= 11 is 0. The van der Waals surface area contributed by atoms with E-state index >= 15 is 0 Å². The van der Waals surface area contributed by atoms with Crippen LogP contribution in [0.2, 0.25) is 0 Å². The van der Waals surface area contributed by atoms with Gasteiger partial charge in [-0.05, 0) is 42.8 Å². The monoisotopic (exact) mass is 493 g/mol. The number of carbonyl (C=O) groups is 1. The van der Waals surface area contributed by atoms with Gasteiger partial charge in [0.05, 0.1) is 30.7 Å². The lowest BCUT2D eigenvalue weighted by atomic mass is 9.97. The van der Waals surface area contributed by atoms with Crippen molar-refractivity contribution in [2.45, 2.75) is 17.9 Å². The number of hydrogen-bond acceptors (Lipinski definition) is 5. The van der Waals surface area contributed by atoms with Crippen molar-refractivity contribution in [3.63, 3.8) is 0 Å². The van der Waals surface area contributed by atoms with Crippen LogP contribution in [0.25, 0.3) is 0 Å². The Kier molecular flexibility index (Phi) is 7.97. The zero-order chi connectivity index (χ0) is 24.8. The molecule has 35 heavy (non-hydrogen) atoms. The third kappa shape index (κ3) is 5.97. The van der Waals surface area contributed by atoms with Crippen molar-refractivity contribution in [1.82, 2.24) is 9.21 Å². The van der Waals surface area contributed by atoms with Gasteiger partial charge in [-0.1, -0.05) is 66.7 Å². The van der Waals surface area contributed by atoms with Gasteiger partial charge in [-0.2, -0.15) is 4.31 Å². The first kappa shape index (κ1) is 25.1. The minimum absolute atomic E-state index is 0.0997. The number of anilines is 1. The van der Waals surface area contributed by atoms with Crippen molar-refractivity contribution in [2.24, 2.45) is 0 Å². The fourth-order valence-electron chi connectivity index (χ4n) is 4.31. The maximum Gasteiger partial charge on any atom is 0.243 e. The van der Waals surface area contributed by atoms with E-state index in [0.29, 0.717) is 32.0 Å². The molecule has 1 fully saturated rings. The average Bonchev–Trinajstić information content (AvgIpc) is 2.87. The summed E-state index contributed by atoms with van der Waals surface area (Å²) in [5.41, 5.74) is 3.46. The van der Waals surface area contributed by atoms with E-state index in [1.807, 2.05) is 55.3 Å². The summed E-state index contributed by atoms with van der Waals surface area (Å²) in [7, 11) is -1.74. The number of rotatable bonds is 8.